The van der Waals surface area contributed by atoms with Crippen LogP contribution in [0.25, 0.3) is 0 Å². The molecular formula is C17H25NO3S. The number of hydrogen-bond donors (Lipinski definition) is 1. The summed E-state index contributed by atoms with van der Waals surface area (Å²) in [5, 5.41) is 3.10. The molecule has 0 saturated heterocycles. The molecule has 4 nitrogen and oxygen atoms in total. The topological polar surface area (TPSA) is 63.2 Å². The molecule has 0 aliphatic heterocycles. The van der Waals surface area contributed by atoms with Gasteiger partial charge in [0, 0.05) is 17.9 Å². The average Bonchev–Trinajstić information content (AvgIpc) is 2.40. The van der Waals surface area contributed by atoms with Crippen molar-refractivity contribution in [3.8, 4) is 0 Å². The second-order valence-corrected chi connectivity index (χ2v) is 8.43. The van der Waals surface area contributed by atoms with E-state index in [1.54, 1.807) is 24.3 Å². The highest BCUT2D eigenvalue weighted by molar-refractivity contribution is 7.89. The van der Waals surface area contributed by atoms with E-state index in [9.17, 15) is 13.2 Å². The van der Waals surface area contributed by atoms with E-state index in [0.717, 1.165) is 12.8 Å². The van der Waals surface area contributed by atoms with Gasteiger partial charge in [-0.25, -0.2) is 8.42 Å². The summed E-state index contributed by atoms with van der Waals surface area (Å²) < 4.78 is 22.7. The second kappa shape index (κ2) is 7.77. The first-order chi connectivity index (χ1) is 10.4. The van der Waals surface area contributed by atoms with Crippen LogP contribution < -0.4 is 5.32 Å². The first-order valence-electron chi connectivity index (χ1n) is 8.01. The van der Waals surface area contributed by atoms with Crippen LogP contribution in [0.5, 0.6) is 0 Å². The van der Waals surface area contributed by atoms with Gasteiger partial charge in [-0.15, -0.1) is 0 Å². The van der Waals surface area contributed by atoms with Gasteiger partial charge in [-0.05, 0) is 30.5 Å². The van der Waals surface area contributed by atoms with E-state index in [-0.39, 0.29) is 17.7 Å². The number of amides is 1. The van der Waals surface area contributed by atoms with Gasteiger partial charge >= 0.3 is 0 Å². The number of benzene rings is 1. The van der Waals surface area contributed by atoms with Crippen molar-refractivity contribution in [2.24, 2.45) is 0 Å². The summed E-state index contributed by atoms with van der Waals surface area (Å²) in [6.07, 6.45) is 9.40. The van der Waals surface area contributed by atoms with E-state index in [1.807, 2.05) is 0 Å². The minimum atomic E-state index is -3.09. The molecule has 1 amide bonds. The van der Waals surface area contributed by atoms with E-state index >= 15 is 0 Å². The number of sulfone groups is 1. The van der Waals surface area contributed by atoms with Gasteiger partial charge in [0.15, 0.2) is 9.84 Å². The highest BCUT2D eigenvalue weighted by Crippen LogP contribution is 2.18. The van der Waals surface area contributed by atoms with Crippen molar-refractivity contribution >= 4 is 15.7 Å². The van der Waals surface area contributed by atoms with Crippen LogP contribution in [0.15, 0.2) is 24.3 Å². The molecule has 1 aromatic carbocycles. The van der Waals surface area contributed by atoms with Crippen LogP contribution in [-0.2, 0) is 15.6 Å². The second-order valence-electron chi connectivity index (χ2n) is 6.29. The molecule has 1 aliphatic rings. The maximum atomic E-state index is 12.4. The van der Waals surface area contributed by atoms with Crippen molar-refractivity contribution in [2.45, 2.75) is 56.7 Å². The largest absolute Gasteiger partial charge is 0.349 e. The van der Waals surface area contributed by atoms with E-state index in [4.69, 9.17) is 0 Å². The standard InChI is InChI=1S/C17H25NO3S/c1-22(20,21)13-14-8-7-9-15(12-14)17(19)18-16-10-5-3-2-4-6-11-16/h7-9,12,16H,2-6,10-11,13H2,1H3,(H,18,19). The molecule has 0 spiro atoms. The first-order valence-corrected chi connectivity index (χ1v) is 10.1. The van der Waals surface area contributed by atoms with Crippen LogP contribution in [0, 0.1) is 0 Å². The summed E-state index contributed by atoms with van der Waals surface area (Å²) in [7, 11) is -3.09. The van der Waals surface area contributed by atoms with Gasteiger partial charge in [-0.1, -0.05) is 44.2 Å². The van der Waals surface area contributed by atoms with Crippen LogP contribution in [0.3, 0.4) is 0 Å². The molecule has 0 bridgehead atoms. The highest BCUT2D eigenvalue weighted by Gasteiger charge is 2.15. The summed E-state index contributed by atoms with van der Waals surface area (Å²) in [5.41, 5.74) is 1.20. The van der Waals surface area contributed by atoms with Gasteiger partial charge < -0.3 is 5.32 Å². The molecule has 2 rings (SSSR count). The number of hydrogen-bond acceptors (Lipinski definition) is 3. The summed E-state index contributed by atoms with van der Waals surface area (Å²) in [6, 6.07) is 7.15. The Kier molecular flexibility index (Phi) is 6.00. The van der Waals surface area contributed by atoms with Gasteiger partial charge in [0.1, 0.15) is 0 Å². The molecule has 1 N–H and O–H groups in total. The predicted molar refractivity (Wildman–Crippen MR) is 88.6 cm³/mol. The van der Waals surface area contributed by atoms with E-state index < -0.39 is 9.84 Å². The quantitative estimate of drug-likeness (QED) is 0.926. The SMILES string of the molecule is CS(=O)(=O)Cc1cccc(C(=O)NC2CCCCCCC2)c1. The molecule has 122 valence electrons. The third kappa shape index (κ3) is 5.79. The van der Waals surface area contributed by atoms with Crippen molar-refractivity contribution in [1.29, 1.82) is 0 Å². The van der Waals surface area contributed by atoms with Crippen LogP contribution in [0.4, 0.5) is 0 Å². The Balaban J connectivity index is 2.00. The Morgan fingerprint density at radius 2 is 1.77 bits per heavy atom. The zero-order chi connectivity index (χ0) is 16.0. The van der Waals surface area contributed by atoms with Crippen molar-refractivity contribution in [3.05, 3.63) is 35.4 Å². The zero-order valence-corrected chi connectivity index (χ0v) is 14.0. The van der Waals surface area contributed by atoms with Gasteiger partial charge in [-0.3, -0.25) is 4.79 Å². The maximum absolute atomic E-state index is 12.4. The molecule has 5 heteroatoms. The lowest BCUT2D eigenvalue weighted by Gasteiger charge is -2.21. The van der Waals surface area contributed by atoms with E-state index in [1.165, 1.54) is 38.4 Å². The fraction of sp³-hybridized carbons (Fsp3) is 0.588. The number of rotatable bonds is 4. The molecule has 0 heterocycles. The molecule has 0 atom stereocenters. The summed E-state index contributed by atoms with van der Waals surface area (Å²) in [4.78, 5) is 12.4. The Morgan fingerprint density at radius 1 is 1.14 bits per heavy atom. The van der Waals surface area contributed by atoms with Gasteiger partial charge in [0.2, 0.25) is 0 Å². The predicted octanol–water partition coefficient (Wildman–Crippen LogP) is 3.07. The van der Waals surface area contributed by atoms with Crippen molar-refractivity contribution in [2.75, 3.05) is 6.26 Å². The Labute approximate surface area is 133 Å². The molecule has 0 radical (unpaired) electrons. The van der Waals surface area contributed by atoms with Crippen molar-refractivity contribution < 1.29 is 13.2 Å². The molecule has 1 fully saturated rings. The lowest BCUT2D eigenvalue weighted by Crippen LogP contribution is -2.35. The summed E-state index contributed by atoms with van der Waals surface area (Å²) in [5.74, 6) is -0.127. The van der Waals surface area contributed by atoms with E-state index in [2.05, 4.69) is 5.32 Å². The molecule has 0 aromatic heterocycles. The molecular weight excluding hydrogens is 298 g/mol. The molecule has 1 aromatic rings. The maximum Gasteiger partial charge on any atom is 0.251 e. The average molecular weight is 323 g/mol. The van der Waals surface area contributed by atoms with Crippen LogP contribution >= 0.6 is 0 Å². The van der Waals surface area contributed by atoms with Gasteiger partial charge in [0.05, 0.1) is 5.75 Å². The first kappa shape index (κ1) is 17.0. The van der Waals surface area contributed by atoms with Gasteiger partial charge in [-0.2, -0.15) is 0 Å². The Hall–Kier alpha value is -1.36. The zero-order valence-electron chi connectivity index (χ0n) is 13.2. The monoisotopic (exact) mass is 323 g/mol. The summed E-state index contributed by atoms with van der Waals surface area (Å²) in [6.45, 7) is 0. The molecule has 0 unspecified atom stereocenters. The van der Waals surface area contributed by atoms with Crippen LogP contribution in [0.1, 0.15) is 60.9 Å². The minimum Gasteiger partial charge on any atom is -0.349 e. The third-order valence-corrected chi connectivity index (χ3v) is 4.92. The minimum absolute atomic E-state index is 0.0302. The summed E-state index contributed by atoms with van der Waals surface area (Å²) >= 11 is 0. The van der Waals surface area contributed by atoms with E-state index in [0.29, 0.717) is 11.1 Å². The fourth-order valence-corrected chi connectivity index (χ4v) is 3.76. The number of carbonyl (C=O) groups is 1. The van der Waals surface area contributed by atoms with Gasteiger partial charge in [0.25, 0.3) is 5.91 Å². The molecule has 22 heavy (non-hydrogen) atoms. The van der Waals surface area contributed by atoms with Crippen LogP contribution in [-0.4, -0.2) is 26.6 Å². The molecule has 1 saturated carbocycles. The normalized spacial score (nSPS) is 17.5. The number of nitrogens with one attached hydrogen (secondary N) is 1. The highest BCUT2D eigenvalue weighted by atomic mass is 32.2. The third-order valence-electron chi connectivity index (χ3n) is 4.06. The lowest BCUT2D eigenvalue weighted by molar-refractivity contribution is 0.0930. The van der Waals surface area contributed by atoms with Crippen molar-refractivity contribution in [1.82, 2.24) is 5.32 Å². The smallest absolute Gasteiger partial charge is 0.251 e. The lowest BCUT2D eigenvalue weighted by atomic mass is 9.96. The Morgan fingerprint density at radius 3 is 2.41 bits per heavy atom. The number of carbonyl (C=O) groups excluding carboxylic acids is 1. The molecule has 1 aliphatic carbocycles. The van der Waals surface area contributed by atoms with Crippen LogP contribution in [0.2, 0.25) is 0 Å². The Bertz CT molecular complexity index is 602. The fourth-order valence-electron chi connectivity index (χ4n) is 2.97. The van der Waals surface area contributed by atoms with Crippen molar-refractivity contribution in [3.63, 3.8) is 0 Å².